The van der Waals surface area contributed by atoms with E-state index in [0.717, 1.165) is 42.5 Å². The van der Waals surface area contributed by atoms with Crippen molar-refractivity contribution in [3.05, 3.63) is 112 Å². The van der Waals surface area contributed by atoms with Crippen molar-refractivity contribution >= 4 is 29.4 Å². The van der Waals surface area contributed by atoms with Gasteiger partial charge >= 0.3 is 24.3 Å². The van der Waals surface area contributed by atoms with E-state index < -0.39 is 75.2 Å². The van der Waals surface area contributed by atoms with E-state index in [0.29, 0.717) is 6.07 Å². The molecule has 8 nitrogen and oxygen atoms in total. The highest BCUT2D eigenvalue weighted by atomic mass is 19.4. The van der Waals surface area contributed by atoms with Crippen LogP contribution in [0, 0.1) is 6.92 Å². The number of rotatable bonds is 7. The molecular formula is C32H22F6N2O6. The molecule has 0 aromatic heterocycles. The summed E-state index contributed by atoms with van der Waals surface area (Å²) in [6.07, 6.45) is -10.1. The van der Waals surface area contributed by atoms with Crippen LogP contribution < -0.4 is 10.6 Å². The Labute approximate surface area is 256 Å². The second-order valence-electron chi connectivity index (χ2n) is 9.97. The van der Waals surface area contributed by atoms with Crippen LogP contribution >= 0.6 is 0 Å². The maximum absolute atomic E-state index is 14.1. The molecule has 0 fully saturated rings. The standard InChI is InChI=1S/C32H22F6N2O6/c1-15-3-7-19(25(11-15)31(33,34)35)20-10-6-18(14-26(20)32(36,37)38)40-28(42)24-13-17(5-9-22(24)30(45)46)16-4-8-21(29(43)44)23(12-16)27(41)39-2/h3-14H,1-2H3,(H,39,41)(H,40,42)(H,43,44)(H,45,46). The van der Waals surface area contributed by atoms with E-state index in [1.165, 1.54) is 38.2 Å². The zero-order chi connectivity index (χ0) is 34.1. The van der Waals surface area contributed by atoms with Crippen LogP contribution in [0.1, 0.15) is 58.1 Å². The Bertz CT molecular complexity index is 1900. The first-order valence-corrected chi connectivity index (χ1v) is 13.1. The molecule has 46 heavy (non-hydrogen) atoms. The van der Waals surface area contributed by atoms with Gasteiger partial charge in [-0.2, -0.15) is 26.3 Å². The van der Waals surface area contributed by atoms with Gasteiger partial charge in [-0.1, -0.05) is 35.9 Å². The average molecular weight is 645 g/mol. The fourth-order valence-electron chi connectivity index (χ4n) is 4.75. The Morgan fingerprint density at radius 1 is 0.587 bits per heavy atom. The van der Waals surface area contributed by atoms with Gasteiger partial charge in [0.1, 0.15) is 0 Å². The molecule has 0 saturated carbocycles. The van der Waals surface area contributed by atoms with Crippen LogP contribution in [0.3, 0.4) is 0 Å². The third-order valence-electron chi connectivity index (χ3n) is 6.90. The lowest BCUT2D eigenvalue weighted by Crippen LogP contribution is -2.21. The Kier molecular flexibility index (Phi) is 8.95. The summed E-state index contributed by atoms with van der Waals surface area (Å²) >= 11 is 0. The lowest BCUT2D eigenvalue weighted by atomic mass is 9.93. The van der Waals surface area contributed by atoms with Crippen molar-refractivity contribution < 1.29 is 55.7 Å². The molecule has 0 unspecified atom stereocenters. The molecule has 4 N–H and O–H groups in total. The van der Waals surface area contributed by atoms with Crippen LogP contribution in [0.4, 0.5) is 32.0 Å². The molecule has 0 saturated heterocycles. The van der Waals surface area contributed by atoms with Crippen LogP contribution in [0.2, 0.25) is 0 Å². The minimum atomic E-state index is -5.15. The van der Waals surface area contributed by atoms with Crippen molar-refractivity contribution in [2.45, 2.75) is 19.3 Å². The second-order valence-corrected chi connectivity index (χ2v) is 9.97. The van der Waals surface area contributed by atoms with E-state index in [2.05, 4.69) is 10.6 Å². The molecule has 0 atom stereocenters. The summed E-state index contributed by atoms with van der Waals surface area (Å²) in [5, 5.41) is 23.6. The van der Waals surface area contributed by atoms with Crippen LogP contribution in [0.5, 0.6) is 0 Å². The summed E-state index contributed by atoms with van der Waals surface area (Å²) < 4.78 is 83.7. The fourth-order valence-corrected chi connectivity index (χ4v) is 4.75. The molecule has 2 amide bonds. The number of halogens is 6. The predicted molar refractivity (Wildman–Crippen MR) is 154 cm³/mol. The zero-order valence-electron chi connectivity index (χ0n) is 23.7. The number of carbonyl (C=O) groups is 4. The number of amides is 2. The Morgan fingerprint density at radius 2 is 1.04 bits per heavy atom. The Hall–Kier alpha value is -5.66. The van der Waals surface area contributed by atoms with E-state index in [4.69, 9.17) is 0 Å². The van der Waals surface area contributed by atoms with Gasteiger partial charge in [-0.15, -0.1) is 0 Å². The number of carbonyl (C=O) groups excluding carboxylic acids is 2. The van der Waals surface area contributed by atoms with Gasteiger partial charge in [0, 0.05) is 12.7 Å². The van der Waals surface area contributed by atoms with Crippen molar-refractivity contribution in [3.63, 3.8) is 0 Å². The molecule has 4 aromatic rings. The minimum absolute atomic E-state index is 0.155. The topological polar surface area (TPSA) is 133 Å². The first-order valence-electron chi connectivity index (χ1n) is 13.1. The highest BCUT2D eigenvalue weighted by Crippen LogP contribution is 2.44. The number of alkyl halides is 6. The van der Waals surface area contributed by atoms with Gasteiger partial charge in [0.25, 0.3) is 11.8 Å². The van der Waals surface area contributed by atoms with Crippen molar-refractivity contribution in [2.24, 2.45) is 0 Å². The number of aromatic carboxylic acids is 2. The molecule has 0 bridgehead atoms. The highest BCUT2D eigenvalue weighted by molar-refractivity contribution is 6.12. The first-order chi connectivity index (χ1) is 21.4. The molecular weight excluding hydrogens is 622 g/mol. The van der Waals surface area contributed by atoms with Crippen molar-refractivity contribution in [2.75, 3.05) is 12.4 Å². The Morgan fingerprint density at radius 3 is 1.50 bits per heavy atom. The molecule has 4 aromatic carbocycles. The number of carboxylic acids is 2. The maximum Gasteiger partial charge on any atom is 0.417 e. The van der Waals surface area contributed by atoms with Gasteiger partial charge < -0.3 is 20.8 Å². The van der Waals surface area contributed by atoms with Crippen molar-refractivity contribution in [1.29, 1.82) is 0 Å². The SMILES string of the molecule is CNC(=O)c1cc(-c2ccc(C(=O)O)c(C(=O)Nc3ccc(-c4ccc(C)cc4C(F)(F)F)c(C(F)(F)F)c3)c2)ccc1C(=O)O. The molecule has 0 aliphatic rings. The molecule has 0 radical (unpaired) electrons. The third kappa shape index (κ3) is 6.85. The van der Waals surface area contributed by atoms with E-state index >= 15 is 0 Å². The van der Waals surface area contributed by atoms with Gasteiger partial charge in [0.15, 0.2) is 0 Å². The summed E-state index contributed by atoms with van der Waals surface area (Å²) in [4.78, 5) is 49.1. The smallest absolute Gasteiger partial charge is 0.417 e. The molecule has 14 heteroatoms. The van der Waals surface area contributed by atoms with Gasteiger partial charge in [-0.25, -0.2) is 9.59 Å². The lowest BCUT2D eigenvalue weighted by Gasteiger charge is -2.19. The molecule has 0 heterocycles. The fraction of sp³-hybridized carbons (Fsp3) is 0.125. The lowest BCUT2D eigenvalue weighted by molar-refractivity contribution is -0.139. The molecule has 238 valence electrons. The van der Waals surface area contributed by atoms with Crippen LogP contribution in [-0.2, 0) is 12.4 Å². The summed E-state index contributed by atoms with van der Waals surface area (Å²) in [5.41, 5.74) is -5.86. The number of anilines is 1. The number of aryl methyl sites for hydroxylation is 1. The Balaban J connectivity index is 1.79. The van der Waals surface area contributed by atoms with Gasteiger partial charge in [-0.05, 0) is 71.6 Å². The summed E-state index contributed by atoms with van der Waals surface area (Å²) in [5.74, 6) is -4.86. The zero-order valence-corrected chi connectivity index (χ0v) is 23.7. The molecule has 0 spiro atoms. The summed E-state index contributed by atoms with van der Waals surface area (Å²) in [6.45, 7) is 1.36. The van der Waals surface area contributed by atoms with Crippen molar-refractivity contribution in [3.8, 4) is 22.3 Å². The van der Waals surface area contributed by atoms with Crippen LogP contribution in [0.25, 0.3) is 22.3 Å². The monoisotopic (exact) mass is 644 g/mol. The van der Waals surface area contributed by atoms with E-state index in [1.54, 1.807) is 0 Å². The van der Waals surface area contributed by atoms with Crippen LogP contribution in [-0.4, -0.2) is 41.0 Å². The normalized spacial score (nSPS) is 11.6. The predicted octanol–water partition coefficient (Wildman–Crippen LogP) is 7.37. The van der Waals surface area contributed by atoms with Gasteiger partial charge in [-0.3, -0.25) is 9.59 Å². The van der Waals surface area contributed by atoms with Crippen molar-refractivity contribution in [1.82, 2.24) is 5.32 Å². The first kappa shape index (κ1) is 33.2. The van der Waals surface area contributed by atoms with Crippen LogP contribution in [0.15, 0.2) is 72.8 Å². The van der Waals surface area contributed by atoms with E-state index in [9.17, 15) is 55.7 Å². The highest BCUT2D eigenvalue weighted by Gasteiger charge is 2.38. The van der Waals surface area contributed by atoms with E-state index in [-0.39, 0.29) is 27.8 Å². The summed E-state index contributed by atoms with van der Waals surface area (Å²) in [7, 11) is 1.28. The molecule has 0 aliphatic heterocycles. The number of carboxylic acid groups (broad SMARTS) is 2. The number of hydrogen-bond donors (Lipinski definition) is 4. The summed E-state index contributed by atoms with van der Waals surface area (Å²) in [6, 6.07) is 12.1. The molecule has 4 rings (SSSR count). The van der Waals surface area contributed by atoms with Gasteiger partial charge in [0.05, 0.1) is 33.4 Å². The minimum Gasteiger partial charge on any atom is -0.478 e. The number of benzene rings is 4. The maximum atomic E-state index is 14.1. The average Bonchev–Trinajstić information content (AvgIpc) is 2.99. The third-order valence-corrected chi connectivity index (χ3v) is 6.90. The molecule has 0 aliphatic carbocycles. The van der Waals surface area contributed by atoms with E-state index in [1.807, 2.05) is 0 Å². The number of hydrogen-bond acceptors (Lipinski definition) is 4. The number of nitrogens with one attached hydrogen (secondary N) is 2. The van der Waals surface area contributed by atoms with Gasteiger partial charge in [0.2, 0.25) is 0 Å². The second kappa shape index (κ2) is 12.4. The quantitative estimate of drug-likeness (QED) is 0.155. The largest absolute Gasteiger partial charge is 0.478 e.